The Morgan fingerprint density at radius 1 is 1.24 bits per heavy atom. The number of anilines is 1. The number of nitrogens with zero attached hydrogens (tertiary/aromatic N) is 3. The first-order valence-corrected chi connectivity index (χ1v) is 10.6. The molecule has 14 heteroatoms. The fraction of sp³-hybridized carbons (Fsp3) is 0.450. The van der Waals surface area contributed by atoms with Gasteiger partial charge in [0.2, 0.25) is 5.91 Å². The summed E-state index contributed by atoms with van der Waals surface area (Å²) in [5, 5.41) is 13.5. The SMILES string of the molecule is C[C@H]1[C@@H](C(=O)Nc2ccc(F)c(Cl)c2F)CCN1C(=O)C(=O)NC1(c2c[nH]nn2)CC(F)(F)C1. The van der Waals surface area contributed by atoms with E-state index in [1.807, 2.05) is 0 Å². The number of nitrogens with one attached hydrogen (secondary N) is 3. The first-order chi connectivity index (χ1) is 15.9. The first-order valence-electron chi connectivity index (χ1n) is 10.3. The third-order valence-electron chi connectivity index (χ3n) is 6.22. The maximum Gasteiger partial charge on any atom is 0.312 e. The number of alkyl halides is 2. The largest absolute Gasteiger partial charge is 0.336 e. The lowest BCUT2D eigenvalue weighted by Gasteiger charge is -2.46. The van der Waals surface area contributed by atoms with Crippen LogP contribution in [0.3, 0.4) is 0 Å². The summed E-state index contributed by atoms with van der Waals surface area (Å²) in [5.74, 6) is -8.73. The molecular weight excluding hydrogens is 484 g/mol. The van der Waals surface area contributed by atoms with Crippen LogP contribution in [0.1, 0.15) is 31.9 Å². The molecule has 1 aromatic carbocycles. The molecule has 0 bridgehead atoms. The van der Waals surface area contributed by atoms with Crippen molar-refractivity contribution >= 4 is 35.0 Å². The van der Waals surface area contributed by atoms with E-state index in [0.29, 0.717) is 0 Å². The molecule has 9 nitrogen and oxygen atoms in total. The van der Waals surface area contributed by atoms with Crippen molar-refractivity contribution in [2.75, 3.05) is 11.9 Å². The standard InChI is InChI=1S/C20H19ClF4N6O3/c1-9-10(16(32)27-12-3-2-11(22)14(21)15(12)23)4-5-31(9)18(34)17(33)28-19(7-20(24,25)8-19)13-6-26-30-29-13/h2-3,6,9-10H,4-5,7-8H2,1H3,(H,27,32)(H,28,33)(H,26,29,30)/t9-,10-/m0/s1. The predicted molar refractivity (Wildman–Crippen MR) is 110 cm³/mol. The van der Waals surface area contributed by atoms with E-state index in [4.69, 9.17) is 11.6 Å². The third kappa shape index (κ3) is 4.19. The van der Waals surface area contributed by atoms with E-state index in [9.17, 15) is 31.9 Å². The lowest BCUT2D eigenvalue weighted by molar-refractivity contribution is -0.160. The van der Waals surface area contributed by atoms with E-state index in [-0.39, 0.29) is 24.3 Å². The van der Waals surface area contributed by atoms with Crippen LogP contribution in [0.5, 0.6) is 0 Å². The quantitative estimate of drug-likeness (QED) is 0.337. The van der Waals surface area contributed by atoms with Crippen molar-refractivity contribution in [1.29, 1.82) is 0 Å². The Balaban J connectivity index is 1.42. The minimum atomic E-state index is -3.03. The average molecular weight is 503 g/mol. The van der Waals surface area contributed by atoms with E-state index in [0.717, 1.165) is 17.0 Å². The van der Waals surface area contributed by atoms with Crippen LogP contribution < -0.4 is 10.6 Å². The highest BCUT2D eigenvalue weighted by atomic mass is 35.5. The number of aromatic nitrogens is 3. The Bertz CT molecular complexity index is 1140. The number of likely N-dealkylation sites (tertiary alicyclic amines) is 1. The molecule has 2 heterocycles. The van der Waals surface area contributed by atoms with Gasteiger partial charge in [-0.25, -0.2) is 17.6 Å². The summed E-state index contributed by atoms with van der Waals surface area (Å²) < 4.78 is 54.7. The molecule has 1 aromatic heterocycles. The topological polar surface area (TPSA) is 120 Å². The normalized spacial score (nSPS) is 22.7. The van der Waals surface area contributed by atoms with Crippen LogP contribution in [0.25, 0.3) is 0 Å². The second-order valence-electron chi connectivity index (χ2n) is 8.45. The fourth-order valence-corrected chi connectivity index (χ4v) is 4.59. The predicted octanol–water partition coefficient (Wildman–Crippen LogP) is 2.35. The van der Waals surface area contributed by atoms with Gasteiger partial charge in [0.15, 0.2) is 5.82 Å². The highest BCUT2D eigenvalue weighted by Gasteiger charge is 2.60. The molecular formula is C20H19ClF4N6O3. The molecule has 3 N–H and O–H groups in total. The third-order valence-corrected chi connectivity index (χ3v) is 6.57. The summed E-state index contributed by atoms with van der Waals surface area (Å²) in [4.78, 5) is 39.3. The molecule has 1 aliphatic carbocycles. The van der Waals surface area contributed by atoms with Gasteiger partial charge in [-0.05, 0) is 25.5 Å². The van der Waals surface area contributed by atoms with Gasteiger partial charge >= 0.3 is 11.8 Å². The van der Waals surface area contributed by atoms with Crippen molar-refractivity contribution in [3.63, 3.8) is 0 Å². The van der Waals surface area contributed by atoms with Gasteiger partial charge in [0.05, 0.1) is 17.1 Å². The van der Waals surface area contributed by atoms with Crippen molar-refractivity contribution in [2.24, 2.45) is 5.92 Å². The summed E-state index contributed by atoms with van der Waals surface area (Å²) in [6, 6.07) is 1.15. The van der Waals surface area contributed by atoms with Gasteiger partial charge in [0.25, 0.3) is 5.92 Å². The number of benzene rings is 1. The molecule has 2 atom stereocenters. The number of hydrogen-bond acceptors (Lipinski definition) is 5. The number of carbonyl (C=O) groups excluding carboxylic acids is 3. The highest BCUT2D eigenvalue weighted by molar-refractivity contribution is 6.35. The van der Waals surface area contributed by atoms with Crippen molar-refractivity contribution in [2.45, 2.75) is 43.7 Å². The molecule has 0 unspecified atom stereocenters. The van der Waals surface area contributed by atoms with Crippen LogP contribution in [0, 0.1) is 17.6 Å². The van der Waals surface area contributed by atoms with Gasteiger partial charge in [0.1, 0.15) is 16.5 Å². The van der Waals surface area contributed by atoms with Gasteiger partial charge in [0, 0.05) is 31.6 Å². The molecule has 0 spiro atoms. The van der Waals surface area contributed by atoms with Crippen molar-refractivity contribution < 1.29 is 31.9 Å². The second kappa shape index (κ2) is 8.53. The highest BCUT2D eigenvalue weighted by Crippen LogP contribution is 2.51. The van der Waals surface area contributed by atoms with Gasteiger partial charge < -0.3 is 15.5 Å². The van der Waals surface area contributed by atoms with Crippen LogP contribution in [0.15, 0.2) is 18.3 Å². The molecule has 3 amide bonds. The van der Waals surface area contributed by atoms with E-state index in [1.54, 1.807) is 0 Å². The molecule has 1 saturated carbocycles. The Morgan fingerprint density at radius 3 is 2.56 bits per heavy atom. The van der Waals surface area contributed by atoms with Crippen molar-refractivity contribution in [1.82, 2.24) is 25.6 Å². The van der Waals surface area contributed by atoms with Gasteiger partial charge in [-0.1, -0.05) is 16.8 Å². The monoisotopic (exact) mass is 502 g/mol. The van der Waals surface area contributed by atoms with E-state index < -0.39 is 70.6 Å². The maximum atomic E-state index is 14.1. The summed E-state index contributed by atoms with van der Waals surface area (Å²) in [6.07, 6.45) is -0.0510. The number of rotatable bonds is 4. The minimum Gasteiger partial charge on any atom is -0.336 e. The summed E-state index contributed by atoms with van der Waals surface area (Å²) >= 11 is 5.52. The molecule has 1 saturated heterocycles. The summed E-state index contributed by atoms with van der Waals surface area (Å²) in [6.45, 7) is 1.56. The Labute approximate surface area is 195 Å². The van der Waals surface area contributed by atoms with Gasteiger partial charge in [-0.15, -0.1) is 5.10 Å². The number of amides is 3. The molecule has 4 rings (SSSR count). The zero-order chi connectivity index (χ0) is 24.8. The maximum absolute atomic E-state index is 14.1. The minimum absolute atomic E-state index is 0.0330. The molecule has 182 valence electrons. The van der Waals surface area contributed by atoms with Crippen LogP contribution >= 0.6 is 11.6 Å². The number of hydrogen-bond donors (Lipinski definition) is 3. The number of halogens is 5. The Kier molecular flexibility index (Phi) is 6.00. The van der Waals surface area contributed by atoms with Gasteiger partial charge in [-0.3, -0.25) is 19.5 Å². The molecule has 0 radical (unpaired) electrons. The zero-order valence-corrected chi connectivity index (χ0v) is 18.4. The van der Waals surface area contributed by atoms with Gasteiger partial charge in [-0.2, -0.15) is 0 Å². The smallest absolute Gasteiger partial charge is 0.312 e. The lowest BCUT2D eigenvalue weighted by Crippen LogP contribution is -2.62. The second-order valence-corrected chi connectivity index (χ2v) is 8.83. The van der Waals surface area contributed by atoms with E-state index in [2.05, 4.69) is 26.0 Å². The van der Waals surface area contributed by atoms with E-state index >= 15 is 0 Å². The van der Waals surface area contributed by atoms with E-state index in [1.165, 1.54) is 13.1 Å². The first kappa shape index (κ1) is 23.9. The van der Waals surface area contributed by atoms with Crippen LogP contribution in [0.2, 0.25) is 5.02 Å². The number of carbonyl (C=O) groups is 3. The average Bonchev–Trinajstić information content (AvgIpc) is 3.42. The molecule has 1 aliphatic heterocycles. The van der Waals surface area contributed by atoms with Crippen LogP contribution in [0.4, 0.5) is 23.2 Å². The van der Waals surface area contributed by atoms with Crippen molar-refractivity contribution in [3.8, 4) is 0 Å². The molecule has 2 fully saturated rings. The fourth-order valence-electron chi connectivity index (χ4n) is 4.43. The molecule has 2 aromatic rings. The molecule has 2 aliphatic rings. The summed E-state index contributed by atoms with van der Waals surface area (Å²) in [7, 11) is 0. The lowest BCUT2D eigenvalue weighted by atomic mass is 9.71. The molecule has 34 heavy (non-hydrogen) atoms. The zero-order valence-electron chi connectivity index (χ0n) is 17.7. The van der Waals surface area contributed by atoms with Crippen LogP contribution in [-0.2, 0) is 19.9 Å². The Morgan fingerprint density at radius 2 is 1.94 bits per heavy atom. The number of H-pyrrole nitrogens is 1. The van der Waals surface area contributed by atoms with Crippen molar-refractivity contribution in [3.05, 3.63) is 40.7 Å². The Hall–Kier alpha value is -3.22. The van der Waals surface area contributed by atoms with Crippen LogP contribution in [-0.4, -0.2) is 56.5 Å². The summed E-state index contributed by atoms with van der Waals surface area (Å²) in [5.41, 5.74) is -1.79. The number of aromatic amines is 1.